The Morgan fingerprint density at radius 2 is 0.854 bits per heavy atom. The zero-order valence-electron chi connectivity index (χ0n) is 28.8. The molecule has 3 nitrogen and oxygen atoms in total. The monoisotopic (exact) mass is 565 g/mol. The number of ketones is 2. The summed E-state index contributed by atoms with van der Waals surface area (Å²) < 4.78 is 0. The molecule has 0 aliphatic carbocycles. The fraction of sp³-hybridized carbons (Fsp3) is 0.605. The Morgan fingerprint density at radius 1 is 0.585 bits per heavy atom. The predicted molar refractivity (Wildman–Crippen MR) is 180 cm³/mol. The third kappa shape index (κ3) is 22.6. The lowest BCUT2D eigenvalue weighted by Crippen LogP contribution is -2.24. The first-order valence-electron chi connectivity index (χ1n) is 15.8. The fourth-order valence-corrected chi connectivity index (χ4v) is 4.90. The molecule has 0 spiro atoms. The molecule has 232 valence electrons. The first kappa shape index (κ1) is 42.7. The number of rotatable bonds is 10. The number of carbonyl (C=O) groups excluding carboxylic acids is 2. The third-order valence-corrected chi connectivity index (χ3v) is 6.59. The molecule has 0 saturated heterocycles. The fourth-order valence-electron chi connectivity index (χ4n) is 4.90. The second-order valence-corrected chi connectivity index (χ2v) is 11.5. The second kappa shape index (κ2) is 27.4. The average molecular weight is 566 g/mol. The molecule has 0 aromatic heterocycles. The van der Waals surface area contributed by atoms with Crippen LogP contribution in [0.25, 0.3) is 0 Å². The number of hydrogen-bond donors (Lipinski definition) is 0. The van der Waals surface area contributed by atoms with Crippen molar-refractivity contribution >= 4 is 11.6 Å². The molecule has 3 heteroatoms. The van der Waals surface area contributed by atoms with Crippen LogP contribution in [0.3, 0.4) is 0 Å². The zero-order chi connectivity index (χ0) is 32.4. The topological polar surface area (TPSA) is 57.9 Å². The van der Waals surface area contributed by atoms with Crippen LogP contribution in [0.2, 0.25) is 0 Å². The van der Waals surface area contributed by atoms with E-state index in [1.807, 2.05) is 101 Å². The van der Waals surface area contributed by atoms with Gasteiger partial charge in [-0.15, -0.1) is 0 Å². The van der Waals surface area contributed by atoms with E-state index in [-0.39, 0.29) is 17.8 Å². The maximum Gasteiger partial charge on any atom is 0.136 e. The van der Waals surface area contributed by atoms with E-state index in [1.54, 1.807) is 0 Å². The molecule has 0 heterocycles. The van der Waals surface area contributed by atoms with Crippen LogP contribution in [-0.4, -0.2) is 11.6 Å². The molecule has 2 aromatic carbocycles. The number of nitriles is 1. The van der Waals surface area contributed by atoms with Crippen LogP contribution in [0.4, 0.5) is 0 Å². The Hall–Kier alpha value is -2.73. The first-order chi connectivity index (χ1) is 19.3. The maximum atomic E-state index is 11.4. The highest BCUT2D eigenvalue weighted by atomic mass is 16.1. The van der Waals surface area contributed by atoms with Crippen LogP contribution in [-0.2, 0) is 16.0 Å². The van der Waals surface area contributed by atoms with Crippen molar-refractivity contribution in [2.45, 2.75) is 109 Å². The molecule has 0 bridgehead atoms. The Bertz CT molecular complexity index is 820. The molecule has 0 fully saturated rings. The summed E-state index contributed by atoms with van der Waals surface area (Å²) in [6.07, 6.45) is 2.22. The minimum atomic E-state index is 0.123. The summed E-state index contributed by atoms with van der Waals surface area (Å²) in [5.74, 6) is 3.43. The van der Waals surface area contributed by atoms with Gasteiger partial charge in [0.15, 0.2) is 0 Å². The van der Waals surface area contributed by atoms with Crippen LogP contribution >= 0.6 is 0 Å². The van der Waals surface area contributed by atoms with E-state index in [1.165, 1.54) is 5.56 Å². The van der Waals surface area contributed by atoms with Crippen LogP contribution in [0.15, 0.2) is 66.7 Å². The molecule has 0 radical (unpaired) electrons. The summed E-state index contributed by atoms with van der Waals surface area (Å²) >= 11 is 0. The summed E-state index contributed by atoms with van der Waals surface area (Å²) in [6.45, 7) is 26.8. The van der Waals surface area contributed by atoms with E-state index in [2.05, 4.69) is 61.5 Å². The largest absolute Gasteiger partial charge is 0.299 e. The highest BCUT2D eigenvalue weighted by Gasteiger charge is 2.24. The molecule has 0 aliphatic rings. The zero-order valence-corrected chi connectivity index (χ0v) is 28.8. The molecule has 2 rings (SSSR count). The first-order valence-corrected chi connectivity index (χ1v) is 15.8. The van der Waals surface area contributed by atoms with Crippen molar-refractivity contribution in [3.05, 3.63) is 72.3 Å². The van der Waals surface area contributed by atoms with Gasteiger partial charge >= 0.3 is 0 Å². The number of nitrogens with zero attached hydrogens (tertiary/aromatic N) is 1. The van der Waals surface area contributed by atoms with Crippen molar-refractivity contribution in [3.63, 3.8) is 0 Å². The van der Waals surface area contributed by atoms with Crippen molar-refractivity contribution < 1.29 is 9.59 Å². The molecular weight excluding hydrogens is 502 g/mol. The lowest BCUT2D eigenvalue weighted by Gasteiger charge is -2.22. The van der Waals surface area contributed by atoms with Crippen molar-refractivity contribution in [1.29, 1.82) is 5.26 Å². The average Bonchev–Trinajstić information content (AvgIpc) is 2.95. The molecule has 2 aromatic rings. The van der Waals surface area contributed by atoms with E-state index < -0.39 is 0 Å². The normalized spacial score (nSPS) is 10.8. The smallest absolute Gasteiger partial charge is 0.136 e. The summed E-state index contributed by atoms with van der Waals surface area (Å²) in [7, 11) is 0. The molecule has 0 saturated carbocycles. The van der Waals surface area contributed by atoms with Gasteiger partial charge < -0.3 is 0 Å². The summed E-state index contributed by atoms with van der Waals surface area (Å²) in [5.41, 5.74) is 1.24. The van der Waals surface area contributed by atoms with Crippen LogP contribution in [0, 0.1) is 52.8 Å². The maximum absolute atomic E-state index is 11.4. The van der Waals surface area contributed by atoms with Crippen molar-refractivity contribution in [3.8, 4) is 6.07 Å². The standard InChI is InChI=1S/C10H11N.2C10H20O.C6H6.C2H6/c1-9(8-11)7-10-5-3-2-4-6-10;2*1-6-9(11)10(7(2)3)8(4)5;1-2-4-6-5-3-1;1-2/h2-6,9H,7H2,1H3;2*7-8,10H,6H2,1-5H3;1-6H;1-2H3. The van der Waals surface area contributed by atoms with Gasteiger partial charge in [-0.1, -0.05) is 150 Å². The molecule has 1 atom stereocenters. The molecule has 1 unspecified atom stereocenters. The second-order valence-electron chi connectivity index (χ2n) is 11.5. The number of Topliss-reactive ketones (excluding diaryl/α,β-unsaturated/α-hetero) is 2. The number of carbonyl (C=O) groups is 2. The van der Waals surface area contributed by atoms with Crippen LogP contribution in [0.5, 0.6) is 0 Å². The quantitative estimate of drug-likeness (QED) is 0.288. The Labute approximate surface area is 255 Å². The van der Waals surface area contributed by atoms with E-state index in [4.69, 9.17) is 5.26 Å². The van der Waals surface area contributed by atoms with E-state index in [0.29, 0.717) is 48.1 Å². The minimum absolute atomic E-state index is 0.123. The van der Waals surface area contributed by atoms with Crippen LogP contribution < -0.4 is 0 Å². The van der Waals surface area contributed by atoms with Gasteiger partial charge in [0.2, 0.25) is 0 Å². The van der Waals surface area contributed by atoms with Crippen molar-refractivity contribution in [2.75, 3.05) is 0 Å². The molecule has 0 amide bonds. The molecule has 41 heavy (non-hydrogen) atoms. The van der Waals surface area contributed by atoms with E-state index >= 15 is 0 Å². The Balaban J connectivity index is -0.000000468. The summed E-state index contributed by atoms with van der Waals surface area (Å²) in [6, 6.07) is 24.3. The predicted octanol–water partition coefficient (Wildman–Crippen LogP) is 10.9. The highest BCUT2D eigenvalue weighted by Crippen LogP contribution is 2.23. The van der Waals surface area contributed by atoms with E-state index in [9.17, 15) is 9.59 Å². The minimum Gasteiger partial charge on any atom is -0.299 e. The van der Waals surface area contributed by atoms with Gasteiger partial charge in [-0.25, -0.2) is 0 Å². The Morgan fingerprint density at radius 3 is 1.05 bits per heavy atom. The Kier molecular flexibility index (Phi) is 28.6. The summed E-state index contributed by atoms with van der Waals surface area (Å²) in [4.78, 5) is 22.8. The van der Waals surface area contributed by atoms with Gasteiger partial charge in [-0.3, -0.25) is 9.59 Å². The highest BCUT2D eigenvalue weighted by molar-refractivity contribution is 5.81. The number of hydrogen-bond acceptors (Lipinski definition) is 3. The van der Waals surface area contributed by atoms with Gasteiger partial charge in [0.1, 0.15) is 11.6 Å². The van der Waals surface area contributed by atoms with E-state index in [0.717, 1.165) is 6.42 Å². The summed E-state index contributed by atoms with van der Waals surface area (Å²) in [5, 5.41) is 8.55. The van der Waals surface area contributed by atoms with Crippen LogP contribution in [0.1, 0.15) is 108 Å². The SMILES string of the molecule is CC.CC(C#N)Cc1ccccc1.CCC(=O)C(C(C)C)C(C)C.CCC(=O)C(C(C)C)C(C)C.c1ccccc1. The number of benzene rings is 2. The molecule has 0 N–H and O–H groups in total. The van der Waals surface area contributed by atoms with Gasteiger partial charge in [0.05, 0.1) is 6.07 Å². The lowest BCUT2D eigenvalue weighted by atomic mass is 9.81. The molecular formula is C38H63NO2. The van der Waals surface area contributed by atoms with Crippen molar-refractivity contribution in [1.82, 2.24) is 0 Å². The van der Waals surface area contributed by atoms with Gasteiger partial charge in [0, 0.05) is 30.6 Å². The van der Waals surface area contributed by atoms with Crippen molar-refractivity contribution in [2.24, 2.45) is 41.4 Å². The molecule has 0 aliphatic heterocycles. The lowest BCUT2D eigenvalue weighted by molar-refractivity contribution is -0.126. The third-order valence-electron chi connectivity index (χ3n) is 6.59. The van der Waals surface area contributed by atoms with Gasteiger partial charge in [0.25, 0.3) is 0 Å². The van der Waals surface area contributed by atoms with Gasteiger partial charge in [-0.05, 0) is 42.6 Å². The van der Waals surface area contributed by atoms with Gasteiger partial charge in [-0.2, -0.15) is 5.26 Å².